The number of benzene rings is 1. The Kier molecular flexibility index (Phi) is 3.14. The number of hydrogen-bond acceptors (Lipinski definition) is 2. The average molecular weight is 220 g/mol. The van der Waals surface area contributed by atoms with Crippen LogP contribution in [-0.4, -0.2) is 11.1 Å². The second-order valence-corrected chi connectivity index (χ2v) is 3.27. The summed E-state index contributed by atoms with van der Waals surface area (Å²) < 4.78 is 0. The molecule has 0 saturated heterocycles. The molecule has 0 spiro atoms. The van der Waals surface area contributed by atoms with E-state index in [9.17, 15) is 4.79 Å². The lowest BCUT2D eigenvalue weighted by Crippen LogP contribution is -2.21. The highest BCUT2D eigenvalue weighted by molar-refractivity contribution is 6.36. The van der Waals surface area contributed by atoms with Gasteiger partial charge in [-0.05, 0) is 12.1 Å². The summed E-state index contributed by atoms with van der Waals surface area (Å²) >= 11 is 11.5. The zero-order valence-corrected chi connectivity index (χ0v) is 8.01. The molecule has 0 aliphatic heterocycles. The zero-order chi connectivity index (χ0) is 10.0. The lowest BCUT2D eigenvalue weighted by atomic mass is 10.1. The molecule has 5 heteroatoms. The van der Waals surface area contributed by atoms with Crippen molar-refractivity contribution in [3.8, 4) is 0 Å². The lowest BCUT2D eigenvalue weighted by molar-refractivity contribution is -0.138. The first kappa shape index (κ1) is 10.3. The van der Waals surface area contributed by atoms with Crippen LogP contribution in [0.3, 0.4) is 0 Å². The Morgan fingerprint density at radius 2 is 1.85 bits per heavy atom. The Hall–Kier alpha value is -0.770. The summed E-state index contributed by atoms with van der Waals surface area (Å²) in [6.45, 7) is 0. The van der Waals surface area contributed by atoms with Crippen molar-refractivity contribution in [2.24, 2.45) is 5.73 Å². The quantitative estimate of drug-likeness (QED) is 0.801. The molecule has 0 radical (unpaired) electrons. The molecule has 1 unspecified atom stereocenters. The van der Waals surface area contributed by atoms with Crippen molar-refractivity contribution in [2.75, 3.05) is 0 Å². The molecule has 0 bridgehead atoms. The van der Waals surface area contributed by atoms with Crippen LogP contribution in [0, 0.1) is 0 Å². The van der Waals surface area contributed by atoms with E-state index in [1.54, 1.807) is 18.2 Å². The van der Waals surface area contributed by atoms with E-state index in [0.29, 0.717) is 0 Å². The maximum absolute atomic E-state index is 10.6. The van der Waals surface area contributed by atoms with E-state index >= 15 is 0 Å². The van der Waals surface area contributed by atoms with Gasteiger partial charge in [0.25, 0.3) is 0 Å². The largest absolute Gasteiger partial charge is 0.480 e. The van der Waals surface area contributed by atoms with Gasteiger partial charge in [-0.25, -0.2) is 0 Å². The molecule has 0 aliphatic rings. The first-order valence-corrected chi connectivity index (χ1v) is 4.22. The fourth-order valence-electron chi connectivity index (χ4n) is 0.931. The van der Waals surface area contributed by atoms with Crippen molar-refractivity contribution in [2.45, 2.75) is 6.04 Å². The molecule has 3 N–H and O–H groups in total. The van der Waals surface area contributed by atoms with Crippen molar-refractivity contribution in [1.29, 1.82) is 0 Å². The van der Waals surface area contributed by atoms with Gasteiger partial charge in [0.15, 0.2) is 0 Å². The van der Waals surface area contributed by atoms with Gasteiger partial charge in [-0.2, -0.15) is 0 Å². The highest BCUT2D eigenvalue weighted by Gasteiger charge is 2.19. The van der Waals surface area contributed by atoms with Gasteiger partial charge >= 0.3 is 5.97 Å². The van der Waals surface area contributed by atoms with Crippen LogP contribution in [0.25, 0.3) is 0 Å². The molecule has 1 atom stereocenters. The Balaban J connectivity index is 3.20. The molecular formula is C8H7Cl2NO2. The van der Waals surface area contributed by atoms with Gasteiger partial charge in [-0.15, -0.1) is 0 Å². The number of halogens is 2. The molecule has 3 nitrogen and oxygen atoms in total. The predicted molar refractivity (Wildman–Crippen MR) is 51.0 cm³/mol. The summed E-state index contributed by atoms with van der Waals surface area (Å²) in [6.07, 6.45) is 0. The van der Waals surface area contributed by atoms with Crippen LogP contribution in [0.15, 0.2) is 18.2 Å². The van der Waals surface area contributed by atoms with Gasteiger partial charge < -0.3 is 10.8 Å². The molecule has 13 heavy (non-hydrogen) atoms. The summed E-state index contributed by atoms with van der Waals surface area (Å²) in [7, 11) is 0. The first-order valence-electron chi connectivity index (χ1n) is 3.46. The zero-order valence-electron chi connectivity index (χ0n) is 6.50. The van der Waals surface area contributed by atoms with Gasteiger partial charge in [-0.3, -0.25) is 4.79 Å². The second kappa shape index (κ2) is 3.96. The van der Waals surface area contributed by atoms with E-state index in [-0.39, 0.29) is 15.6 Å². The smallest absolute Gasteiger partial charge is 0.325 e. The van der Waals surface area contributed by atoms with E-state index in [2.05, 4.69) is 0 Å². The van der Waals surface area contributed by atoms with E-state index < -0.39 is 12.0 Å². The molecule has 1 rings (SSSR count). The number of nitrogens with two attached hydrogens (primary N) is 1. The summed E-state index contributed by atoms with van der Waals surface area (Å²) in [5.41, 5.74) is 5.62. The van der Waals surface area contributed by atoms with Crippen LogP contribution in [0.1, 0.15) is 11.6 Å². The van der Waals surface area contributed by atoms with Gasteiger partial charge in [-0.1, -0.05) is 29.3 Å². The normalized spacial score (nSPS) is 12.5. The number of carbonyl (C=O) groups is 1. The molecule has 1 aromatic carbocycles. The monoisotopic (exact) mass is 219 g/mol. The Bertz CT molecular complexity index is 321. The third-order valence-corrected chi connectivity index (χ3v) is 2.24. The fraction of sp³-hybridized carbons (Fsp3) is 0.125. The van der Waals surface area contributed by atoms with Gasteiger partial charge in [0.05, 0.1) is 0 Å². The topological polar surface area (TPSA) is 63.3 Å². The third-order valence-electron chi connectivity index (χ3n) is 1.58. The Labute approximate surface area is 85.1 Å². The second-order valence-electron chi connectivity index (χ2n) is 2.45. The molecule has 1 aromatic rings. The van der Waals surface area contributed by atoms with Crippen LogP contribution >= 0.6 is 23.2 Å². The SMILES string of the molecule is NC(C(=O)O)c1c(Cl)cccc1Cl. The van der Waals surface area contributed by atoms with Crippen LogP contribution in [0.2, 0.25) is 10.0 Å². The van der Waals surface area contributed by atoms with E-state index in [1.165, 1.54) is 0 Å². The van der Waals surface area contributed by atoms with Crippen molar-refractivity contribution >= 4 is 29.2 Å². The predicted octanol–water partition coefficient (Wildman–Crippen LogP) is 2.08. The molecule has 0 aromatic heterocycles. The van der Waals surface area contributed by atoms with Gasteiger partial charge in [0.2, 0.25) is 0 Å². The number of rotatable bonds is 2. The van der Waals surface area contributed by atoms with E-state index in [1.807, 2.05) is 0 Å². The van der Waals surface area contributed by atoms with Crippen LogP contribution in [0.4, 0.5) is 0 Å². The van der Waals surface area contributed by atoms with E-state index in [4.69, 9.17) is 34.0 Å². The molecule has 0 saturated carbocycles. The standard InChI is InChI=1S/C8H7Cl2NO2/c9-4-2-1-3-5(10)6(4)7(11)8(12)13/h1-3,7H,11H2,(H,12,13). The van der Waals surface area contributed by atoms with Crippen molar-refractivity contribution in [1.82, 2.24) is 0 Å². The molecule has 0 aliphatic carbocycles. The van der Waals surface area contributed by atoms with Crippen LogP contribution in [0.5, 0.6) is 0 Å². The molecule has 0 fully saturated rings. The maximum Gasteiger partial charge on any atom is 0.325 e. The highest BCUT2D eigenvalue weighted by atomic mass is 35.5. The van der Waals surface area contributed by atoms with Crippen molar-refractivity contribution < 1.29 is 9.90 Å². The minimum absolute atomic E-state index is 0.248. The summed E-state index contributed by atoms with van der Waals surface area (Å²) in [6, 6.07) is 3.54. The van der Waals surface area contributed by atoms with Gasteiger partial charge in [0.1, 0.15) is 6.04 Å². The molecule has 0 heterocycles. The van der Waals surface area contributed by atoms with Crippen molar-refractivity contribution in [3.63, 3.8) is 0 Å². The summed E-state index contributed by atoms with van der Waals surface area (Å²) in [5.74, 6) is -1.16. The number of carboxylic acid groups (broad SMARTS) is 1. The first-order chi connectivity index (χ1) is 6.04. The fourth-order valence-corrected chi connectivity index (χ4v) is 1.56. The van der Waals surface area contributed by atoms with Crippen LogP contribution in [-0.2, 0) is 4.79 Å². The number of hydrogen-bond donors (Lipinski definition) is 2. The van der Waals surface area contributed by atoms with E-state index in [0.717, 1.165) is 0 Å². The Morgan fingerprint density at radius 3 is 2.23 bits per heavy atom. The lowest BCUT2D eigenvalue weighted by Gasteiger charge is -2.10. The highest BCUT2D eigenvalue weighted by Crippen LogP contribution is 2.28. The average Bonchev–Trinajstić information content (AvgIpc) is 2.03. The summed E-state index contributed by atoms with van der Waals surface area (Å²) in [5, 5.41) is 9.17. The minimum atomic E-state index is -1.18. The number of carboxylic acids is 1. The maximum atomic E-state index is 10.6. The molecule has 0 amide bonds. The summed E-state index contributed by atoms with van der Waals surface area (Å²) in [4.78, 5) is 10.6. The third kappa shape index (κ3) is 2.12. The van der Waals surface area contributed by atoms with Crippen molar-refractivity contribution in [3.05, 3.63) is 33.8 Å². The Morgan fingerprint density at radius 1 is 1.38 bits per heavy atom. The van der Waals surface area contributed by atoms with Gasteiger partial charge in [0, 0.05) is 15.6 Å². The minimum Gasteiger partial charge on any atom is -0.480 e. The molecular weight excluding hydrogens is 213 g/mol. The number of aliphatic carboxylic acids is 1. The molecule has 70 valence electrons. The van der Waals surface area contributed by atoms with Crippen LogP contribution < -0.4 is 5.73 Å².